The van der Waals surface area contributed by atoms with Crippen molar-refractivity contribution in [3.63, 3.8) is 0 Å². The van der Waals surface area contributed by atoms with Crippen LogP contribution in [0.2, 0.25) is 0 Å². The summed E-state index contributed by atoms with van der Waals surface area (Å²) in [6, 6.07) is 4.85. The number of rotatable bonds is 3. The highest BCUT2D eigenvalue weighted by atomic mass is 19.4. The van der Waals surface area contributed by atoms with E-state index in [1.807, 2.05) is 0 Å². The molecule has 0 radical (unpaired) electrons. The topological polar surface area (TPSA) is 75.1 Å². The molecule has 0 aliphatic carbocycles. The van der Waals surface area contributed by atoms with Crippen LogP contribution in [0.1, 0.15) is 27.3 Å². The van der Waals surface area contributed by atoms with Crippen LogP contribution in [0.5, 0.6) is 0 Å². The van der Waals surface area contributed by atoms with Crippen LogP contribution in [0.3, 0.4) is 0 Å². The lowest BCUT2D eigenvalue weighted by Gasteiger charge is -2.13. The molecule has 1 aromatic heterocycles. The quantitative estimate of drug-likeness (QED) is 0.910. The fourth-order valence-corrected chi connectivity index (χ4v) is 2.07. The molecule has 0 spiro atoms. The summed E-state index contributed by atoms with van der Waals surface area (Å²) < 4.78 is 39.8. The van der Waals surface area contributed by atoms with Crippen molar-refractivity contribution in [2.45, 2.75) is 12.6 Å². The van der Waals surface area contributed by atoms with Gasteiger partial charge >= 0.3 is 17.8 Å². The number of H-pyrrole nitrogens is 1. The first-order valence-electron chi connectivity index (χ1n) is 5.88. The lowest BCUT2D eigenvalue weighted by molar-refractivity contribution is -0.138. The van der Waals surface area contributed by atoms with Gasteiger partial charge in [-0.05, 0) is 11.6 Å². The molecule has 0 aliphatic rings. The number of carbonyl (C=O) groups is 1. The summed E-state index contributed by atoms with van der Waals surface area (Å²) in [6.45, 7) is 0. The fraction of sp³-hybridized carbons (Fsp3) is 0.231. The van der Waals surface area contributed by atoms with Gasteiger partial charge in [0.15, 0.2) is 0 Å². The van der Waals surface area contributed by atoms with Gasteiger partial charge in [0.05, 0.1) is 11.3 Å². The van der Waals surface area contributed by atoms with E-state index < -0.39 is 29.1 Å². The Labute approximate surface area is 116 Å². The molecule has 21 heavy (non-hydrogen) atoms. The molecule has 0 saturated heterocycles. The maximum atomic E-state index is 12.9. The van der Waals surface area contributed by atoms with Gasteiger partial charge in [0.25, 0.3) is 0 Å². The number of alkyl halides is 3. The third-order valence-electron chi connectivity index (χ3n) is 3.12. The number of aromatic carboxylic acids is 1. The fourth-order valence-electron chi connectivity index (χ4n) is 2.07. The van der Waals surface area contributed by atoms with Gasteiger partial charge in [-0.2, -0.15) is 13.2 Å². The van der Waals surface area contributed by atoms with Crippen molar-refractivity contribution >= 4 is 5.97 Å². The summed E-state index contributed by atoms with van der Waals surface area (Å²) in [4.78, 5) is 24.6. The molecule has 2 rings (SSSR count). The third-order valence-corrected chi connectivity index (χ3v) is 3.12. The molecule has 0 atom stereocenters. The summed E-state index contributed by atoms with van der Waals surface area (Å²) in [5, 5.41) is 9.00. The van der Waals surface area contributed by atoms with Crippen LogP contribution in [0.4, 0.5) is 13.2 Å². The van der Waals surface area contributed by atoms with E-state index in [0.717, 1.165) is 10.6 Å². The molecule has 8 heteroatoms. The zero-order valence-corrected chi connectivity index (χ0v) is 10.9. The molecule has 2 N–H and O–H groups in total. The Bertz CT molecular complexity index is 744. The predicted molar refractivity (Wildman–Crippen MR) is 67.2 cm³/mol. The second kappa shape index (κ2) is 5.12. The second-order valence-corrected chi connectivity index (χ2v) is 4.45. The Morgan fingerprint density at radius 2 is 1.95 bits per heavy atom. The minimum atomic E-state index is -4.55. The highest BCUT2D eigenvalue weighted by Crippen LogP contribution is 2.32. The number of benzene rings is 1. The lowest BCUT2D eigenvalue weighted by Crippen LogP contribution is -2.16. The summed E-state index contributed by atoms with van der Waals surface area (Å²) in [5.41, 5.74) is -2.05. The van der Waals surface area contributed by atoms with Crippen molar-refractivity contribution in [1.29, 1.82) is 0 Å². The van der Waals surface area contributed by atoms with Gasteiger partial charge in [-0.3, -0.25) is 9.55 Å². The van der Waals surface area contributed by atoms with Gasteiger partial charge in [0.1, 0.15) is 5.69 Å². The molecule has 0 bridgehead atoms. The highest BCUT2D eigenvalue weighted by Gasteiger charge is 2.33. The maximum absolute atomic E-state index is 12.9. The van der Waals surface area contributed by atoms with Crippen LogP contribution < -0.4 is 5.69 Å². The van der Waals surface area contributed by atoms with E-state index in [9.17, 15) is 22.8 Å². The number of hydrogen-bond acceptors (Lipinski definition) is 2. The average Bonchev–Trinajstić information content (AvgIpc) is 2.67. The van der Waals surface area contributed by atoms with Crippen LogP contribution in [-0.4, -0.2) is 20.6 Å². The Morgan fingerprint density at radius 3 is 2.52 bits per heavy atom. The number of nitrogens with one attached hydrogen (secondary N) is 1. The molecule has 2 aromatic rings. The number of aromatic amines is 1. The molecular formula is C13H11F3N2O3. The van der Waals surface area contributed by atoms with Crippen LogP contribution in [0, 0.1) is 0 Å². The molecule has 112 valence electrons. The van der Waals surface area contributed by atoms with Gasteiger partial charge in [0, 0.05) is 13.5 Å². The highest BCUT2D eigenvalue weighted by molar-refractivity contribution is 5.86. The maximum Gasteiger partial charge on any atom is 0.416 e. The molecule has 1 heterocycles. The van der Waals surface area contributed by atoms with Crippen molar-refractivity contribution < 1.29 is 23.1 Å². The summed E-state index contributed by atoms with van der Waals surface area (Å²) in [5.74, 6) is -1.40. The molecule has 0 unspecified atom stereocenters. The zero-order chi connectivity index (χ0) is 15.8. The zero-order valence-electron chi connectivity index (χ0n) is 10.9. The SMILES string of the molecule is Cn1c(Cc2ccccc2C(F)(F)F)c(C(=O)O)[nH]c1=O. The van der Waals surface area contributed by atoms with Gasteiger partial charge in [-0.1, -0.05) is 18.2 Å². The minimum Gasteiger partial charge on any atom is -0.477 e. The summed E-state index contributed by atoms with van der Waals surface area (Å²) >= 11 is 0. The standard InChI is InChI=1S/C13H11F3N2O3/c1-18-9(10(11(19)20)17-12(18)21)6-7-4-2-3-5-8(7)13(14,15)16/h2-5H,6H2,1H3,(H,17,21)(H,19,20). The number of carboxylic acids is 1. The van der Waals surface area contributed by atoms with Crippen LogP contribution in [-0.2, 0) is 19.6 Å². The molecule has 5 nitrogen and oxygen atoms in total. The third kappa shape index (κ3) is 2.83. The van der Waals surface area contributed by atoms with E-state index in [1.165, 1.54) is 25.2 Å². The first kappa shape index (κ1) is 14.9. The number of carboxylic acid groups (broad SMARTS) is 1. The predicted octanol–water partition coefficient (Wildman–Crippen LogP) is 2.02. The van der Waals surface area contributed by atoms with Crippen molar-refractivity contribution in [3.05, 3.63) is 57.3 Å². The van der Waals surface area contributed by atoms with Gasteiger partial charge in [-0.15, -0.1) is 0 Å². The first-order valence-corrected chi connectivity index (χ1v) is 5.88. The molecule has 1 aromatic carbocycles. The molecule has 0 amide bonds. The van der Waals surface area contributed by atoms with Crippen molar-refractivity contribution in [1.82, 2.24) is 9.55 Å². The van der Waals surface area contributed by atoms with Crippen LogP contribution in [0.25, 0.3) is 0 Å². The Kier molecular flexibility index (Phi) is 3.63. The van der Waals surface area contributed by atoms with Crippen LogP contribution in [0.15, 0.2) is 29.1 Å². The molecule has 0 saturated carbocycles. The number of nitrogens with zero attached hydrogens (tertiary/aromatic N) is 1. The van der Waals surface area contributed by atoms with Gasteiger partial charge in [0.2, 0.25) is 0 Å². The minimum absolute atomic E-state index is 0.01000. The van der Waals surface area contributed by atoms with E-state index in [0.29, 0.717) is 0 Å². The second-order valence-electron chi connectivity index (χ2n) is 4.45. The summed E-state index contributed by atoms with van der Waals surface area (Å²) in [7, 11) is 1.30. The molecule has 0 aliphatic heterocycles. The van der Waals surface area contributed by atoms with E-state index in [1.54, 1.807) is 0 Å². The Hall–Kier alpha value is -2.51. The first-order chi connectivity index (χ1) is 9.71. The Balaban J connectivity index is 2.54. The molecule has 0 fully saturated rings. The lowest BCUT2D eigenvalue weighted by atomic mass is 10.0. The number of imidazole rings is 1. The van der Waals surface area contributed by atoms with E-state index in [2.05, 4.69) is 4.98 Å². The normalized spacial score (nSPS) is 11.6. The summed E-state index contributed by atoms with van der Waals surface area (Å²) in [6.07, 6.45) is -4.86. The van der Waals surface area contributed by atoms with Gasteiger partial charge < -0.3 is 5.11 Å². The molecular weight excluding hydrogens is 289 g/mol. The van der Waals surface area contributed by atoms with Crippen LogP contribution >= 0.6 is 0 Å². The van der Waals surface area contributed by atoms with Crippen molar-refractivity contribution in [2.24, 2.45) is 7.05 Å². The van der Waals surface area contributed by atoms with Gasteiger partial charge in [-0.25, -0.2) is 9.59 Å². The number of halogens is 3. The average molecular weight is 300 g/mol. The number of aromatic nitrogens is 2. The monoisotopic (exact) mass is 300 g/mol. The smallest absolute Gasteiger partial charge is 0.416 e. The largest absolute Gasteiger partial charge is 0.477 e. The van der Waals surface area contributed by atoms with Crippen molar-refractivity contribution in [3.8, 4) is 0 Å². The van der Waals surface area contributed by atoms with Crippen molar-refractivity contribution in [2.75, 3.05) is 0 Å². The Morgan fingerprint density at radius 1 is 1.33 bits per heavy atom. The number of hydrogen-bond donors (Lipinski definition) is 2. The van der Waals surface area contributed by atoms with E-state index >= 15 is 0 Å². The van der Waals surface area contributed by atoms with E-state index in [4.69, 9.17) is 5.11 Å². The van der Waals surface area contributed by atoms with E-state index in [-0.39, 0.29) is 17.7 Å².